The molecule has 2 aliphatic carbocycles. The van der Waals surface area contributed by atoms with Gasteiger partial charge in [0.25, 0.3) is 0 Å². The molecule has 1 N–H and O–H groups in total. The molecule has 5 atom stereocenters. The molecule has 1 saturated carbocycles. The largest absolute Gasteiger partial charge is 0.488 e. The molecule has 0 aromatic rings. The van der Waals surface area contributed by atoms with Crippen LogP contribution in [0.2, 0.25) is 0 Å². The molecule has 3 aliphatic rings. The van der Waals surface area contributed by atoms with Crippen molar-refractivity contribution in [3.05, 3.63) is 23.5 Å². The van der Waals surface area contributed by atoms with Crippen molar-refractivity contribution in [3.63, 3.8) is 0 Å². The zero-order chi connectivity index (χ0) is 15.4. The van der Waals surface area contributed by atoms with E-state index < -0.39 is 12.2 Å². The van der Waals surface area contributed by atoms with Gasteiger partial charge in [0.1, 0.15) is 23.6 Å². The lowest BCUT2D eigenvalue weighted by atomic mass is 9.74. The Morgan fingerprint density at radius 1 is 1.52 bits per heavy atom. The van der Waals surface area contributed by atoms with E-state index in [0.29, 0.717) is 30.1 Å². The molecule has 0 amide bonds. The molecule has 21 heavy (non-hydrogen) atoms. The van der Waals surface area contributed by atoms with E-state index in [9.17, 15) is 9.90 Å². The normalized spacial score (nSPS) is 42.4. The first-order chi connectivity index (χ1) is 9.87. The van der Waals surface area contributed by atoms with E-state index in [1.54, 1.807) is 0 Å². The summed E-state index contributed by atoms with van der Waals surface area (Å²) < 4.78 is 11.4. The third-order valence-corrected chi connectivity index (χ3v) is 5.53. The first kappa shape index (κ1) is 14.8. The minimum atomic E-state index is -0.732. The number of hydrogen-bond donors (Lipinski definition) is 1. The number of allylic oxidation sites excluding steroid dienone is 1. The first-order valence-electron chi connectivity index (χ1n) is 7.70. The highest BCUT2D eigenvalue weighted by molar-refractivity contribution is 6.00. The SMILES string of the molecule is C=C(C)[C@@H]1CC[C@]2(C)OC3=C(C[C@@H]12)C(=O)[C@H](OC)C[C@H]3O. The number of carbonyl (C=O) groups is 1. The number of carbonyl (C=O) groups excluding carboxylic acids is 1. The van der Waals surface area contributed by atoms with Crippen LogP contribution in [-0.2, 0) is 14.3 Å². The molecule has 1 heterocycles. The van der Waals surface area contributed by atoms with Gasteiger partial charge in [0.15, 0.2) is 5.78 Å². The molecule has 3 rings (SSSR count). The molecular weight excluding hydrogens is 268 g/mol. The molecule has 1 fully saturated rings. The summed E-state index contributed by atoms with van der Waals surface area (Å²) in [6, 6.07) is 0. The minimum absolute atomic E-state index is 0.0211. The van der Waals surface area contributed by atoms with Gasteiger partial charge in [-0.05, 0) is 39.0 Å². The number of ketones is 1. The molecule has 1 aliphatic heterocycles. The summed E-state index contributed by atoms with van der Waals surface area (Å²) in [5.74, 6) is 1.12. The molecule has 4 nitrogen and oxygen atoms in total. The van der Waals surface area contributed by atoms with Gasteiger partial charge in [0.05, 0.1) is 0 Å². The van der Waals surface area contributed by atoms with Crippen LogP contribution >= 0.6 is 0 Å². The number of hydrogen-bond acceptors (Lipinski definition) is 4. The quantitative estimate of drug-likeness (QED) is 0.794. The minimum Gasteiger partial charge on any atom is -0.488 e. The van der Waals surface area contributed by atoms with E-state index >= 15 is 0 Å². The van der Waals surface area contributed by atoms with Crippen molar-refractivity contribution in [1.82, 2.24) is 0 Å². The predicted molar refractivity (Wildman–Crippen MR) is 78.6 cm³/mol. The maximum atomic E-state index is 12.5. The standard InChI is InChI=1S/C17H24O4/c1-9(2)10-5-6-17(3)12(10)7-11-15(19)14(20-4)8-13(18)16(11)21-17/h10,12-14,18H,1,5-8H2,2-4H3/t10-,12-,13+,14+,17-/m0/s1. The van der Waals surface area contributed by atoms with Crippen molar-refractivity contribution in [2.75, 3.05) is 7.11 Å². The van der Waals surface area contributed by atoms with Crippen molar-refractivity contribution < 1.29 is 19.4 Å². The van der Waals surface area contributed by atoms with Crippen molar-refractivity contribution >= 4 is 5.78 Å². The summed E-state index contributed by atoms with van der Waals surface area (Å²) in [6.07, 6.45) is 1.66. The number of methoxy groups -OCH3 is 1. The average Bonchev–Trinajstić information content (AvgIpc) is 2.77. The number of aliphatic hydroxyl groups is 1. The summed E-state index contributed by atoms with van der Waals surface area (Å²) in [5.41, 5.74) is 1.50. The first-order valence-corrected chi connectivity index (χ1v) is 7.70. The second-order valence-corrected chi connectivity index (χ2v) is 6.90. The van der Waals surface area contributed by atoms with E-state index in [0.717, 1.165) is 18.4 Å². The summed E-state index contributed by atoms with van der Waals surface area (Å²) in [7, 11) is 1.51. The maximum absolute atomic E-state index is 12.5. The fourth-order valence-corrected chi connectivity index (χ4v) is 4.27. The molecule has 0 aromatic carbocycles. The van der Waals surface area contributed by atoms with Gasteiger partial charge in [-0.25, -0.2) is 0 Å². The number of aliphatic hydroxyl groups excluding tert-OH is 1. The van der Waals surface area contributed by atoms with Gasteiger partial charge >= 0.3 is 0 Å². The molecule has 0 saturated heterocycles. The number of rotatable bonds is 2. The lowest BCUT2D eigenvalue weighted by Crippen LogP contribution is -2.47. The number of Topliss-reactive ketones (excluding diaryl/α,β-unsaturated/α-hetero) is 1. The smallest absolute Gasteiger partial charge is 0.191 e. The summed E-state index contributed by atoms with van der Waals surface area (Å²) >= 11 is 0. The molecular formula is C17H24O4. The van der Waals surface area contributed by atoms with Gasteiger partial charge in [-0.1, -0.05) is 12.2 Å². The topological polar surface area (TPSA) is 55.8 Å². The lowest BCUT2D eigenvalue weighted by Gasteiger charge is -2.44. The van der Waals surface area contributed by atoms with Gasteiger partial charge in [0.2, 0.25) is 0 Å². The lowest BCUT2D eigenvalue weighted by molar-refractivity contribution is -0.135. The molecule has 0 aromatic heterocycles. The van der Waals surface area contributed by atoms with Gasteiger partial charge in [-0.15, -0.1) is 0 Å². The Labute approximate surface area is 125 Å². The number of ether oxygens (including phenoxy) is 2. The average molecular weight is 292 g/mol. The third-order valence-electron chi connectivity index (χ3n) is 5.53. The summed E-state index contributed by atoms with van der Waals surface area (Å²) in [5, 5.41) is 10.3. The molecule has 0 spiro atoms. The van der Waals surface area contributed by atoms with Crippen LogP contribution in [-0.4, -0.2) is 35.8 Å². The Hall–Kier alpha value is -1.13. The van der Waals surface area contributed by atoms with Crippen LogP contribution in [0.5, 0.6) is 0 Å². The highest BCUT2D eigenvalue weighted by atomic mass is 16.5. The van der Waals surface area contributed by atoms with Crippen LogP contribution in [0.25, 0.3) is 0 Å². The monoisotopic (exact) mass is 292 g/mol. The van der Waals surface area contributed by atoms with Crippen LogP contribution < -0.4 is 0 Å². The number of fused-ring (bicyclic) bond motifs is 1. The van der Waals surface area contributed by atoms with Crippen molar-refractivity contribution in [1.29, 1.82) is 0 Å². The zero-order valence-corrected chi connectivity index (χ0v) is 13.0. The second kappa shape index (κ2) is 4.96. The van der Waals surface area contributed by atoms with Crippen LogP contribution in [0.3, 0.4) is 0 Å². The molecule has 4 heteroatoms. The van der Waals surface area contributed by atoms with Gasteiger partial charge in [-0.2, -0.15) is 0 Å². The predicted octanol–water partition coefficient (Wildman–Crippen LogP) is 2.37. The van der Waals surface area contributed by atoms with Crippen LogP contribution in [0, 0.1) is 11.8 Å². The van der Waals surface area contributed by atoms with Crippen LogP contribution in [0.4, 0.5) is 0 Å². The fraction of sp³-hybridized carbons (Fsp3) is 0.706. The maximum Gasteiger partial charge on any atom is 0.191 e. The van der Waals surface area contributed by atoms with Crippen molar-refractivity contribution in [2.45, 2.75) is 57.3 Å². The van der Waals surface area contributed by atoms with Crippen molar-refractivity contribution in [3.8, 4) is 0 Å². The highest BCUT2D eigenvalue weighted by Crippen LogP contribution is 2.53. The Balaban J connectivity index is 1.97. The van der Waals surface area contributed by atoms with E-state index in [-0.39, 0.29) is 17.3 Å². The molecule has 0 radical (unpaired) electrons. The van der Waals surface area contributed by atoms with E-state index in [1.807, 2.05) is 0 Å². The van der Waals surface area contributed by atoms with E-state index in [1.165, 1.54) is 7.11 Å². The highest BCUT2D eigenvalue weighted by Gasteiger charge is 2.53. The van der Waals surface area contributed by atoms with Crippen LogP contribution in [0.1, 0.15) is 39.5 Å². The Morgan fingerprint density at radius 3 is 2.86 bits per heavy atom. The second-order valence-electron chi connectivity index (χ2n) is 6.90. The van der Waals surface area contributed by atoms with Gasteiger partial charge < -0.3 is 14.6 Å². The Morgan fingerprint density at radius 2 is 2.24 bits per heavy atom. The van der Waals surface area contributed by atoms with E-state index in [2.05, 4.69) is 20.4 Å². The fourth-order valence-electron chi connectivity index (χ4n) is 4.27. The molecule has 0 bridgehead atoms. The summed E-state index contributed by atoms with van der Waals surface area (Å²) in [6.45, 7) is 8.25. The van der Waals surface area contributed by atoms with Crippen molar-refractivity contribution in [2.24, 2.45) is 11.8 Å². The van der Waals surface area contributed by atoms with Crippen LogP contribution in [0.15, 0.2) is 23.5 Å². The molecule has 0 unspecified atom stereocenters. The Bertz CT molecular complexity index is 521. The molecule has 116 valence electrons. The van der Waals surface area contributed by atoms with Gasteiger partial charge in [0, 0.05) is 25.0 Å². The van der Waals surface area contributed by atoms with Gasteiger partial charge in [-0.3, -0.25) is 4.79 Å². The summed E-state index contributed by atoms with van der Waals surface area (Å²) in [4.78, 5) is 12.5. The Kier molecular flexibility index (Phi) is 3.49. The zero-order valence-electron chi connectivity index (χ0n) is 13.0. The van der Waals surface area contributed by atoms with E-state index in [4.69, 9.17) is 9.47 Å². The third kappa shape index (κ3) is 2.16.